The Bertz CT molecular complexity index is 1790. The summed E-state index contributed by atoms with van der Waals surface area (Å²) in [4.78, 5) is 72.6. The predicted octanol–water partition coefficient (Wildman–Crippen LogP) is 21.2. The molecule has 6 atom stereocenters. The lowest BCUT2D eigenvalue weighted by Crippen LogP contribution is -2.30. The van der Waals surface area contributed by atoms with Gasteiger partial charge in [-0.05, 0) is 37.5 Å². The molecular weight excluding hydrogens is 1210 g/mol. The number of ether oxygens (including phenoxy) is 4. The molecule has 3 unspecified atom stereocenters. The average molecular weight is 1350 g/mol. The molecule has 0 aliphatic rings. The highest BCUT2D eigenvalue weighted by Gasteiger charge is 2.30. The Balaban J connectivity index is 5.23. The van der Waals surface area contributed by atoms with E-state index in [4.69, 9.17) is 37.0 Å². The number of phosphoric ester groups is 2. The Morgan fingerprint density at radius 3 is 0.826 bits per heavy atom. The standard InChI is InChI=1S/C73H142O17P2/c1-7-10-12-14-16-18-20-21-26-29-33-37-44-50-56-71(76)83-61-68(89-72(77)57-51-45-38-34-30-27-24-22-23-25-28-31-35-41-47-53-65(4)5)63-87-91(79,80)85-59-67(74)60-86-92(81,82)88-64-69(90-73(78)58-52-46-40-39-42-48-54-66(6)9-3)62-84-70(75)55-49-43-36-32-19-17-15-13-11-8-2/h65-69,74H,7-64H2,1-6H3,(H,79,80)(H,81,82)/t66?,67-,68-,69-/m1/s1. The van der Waals surface area contributed by atoms with Gasteiger partial charge in [0.25, 0.3) is 0 Å². The molecule has 0 aromatic carbocycles. The number of carbonyl (C=O) groups is 4. The van der Waals surface area contributed by atoms with Gasteiger partial charge in [-0.25, -0.2) is 9.13 Å². The van der Waals surface area contributed by atoms with Crippen LogP contribution in [0.5, 0.6) is 0 Å². The van der Waals surface area contributed by atoms with Crippen molar-refractivity contribution in [3.63, 3.8) is 0 Å². The lowest BCUT2D eigenvalue weighted by atomic mass is 10.00. The molecule has 0 saturated carbocycles. The van der Waals surface area contributed by atoms with Crippen molar-refractivity contribution in [1.82, 2.24) is 0 Å². The number of esters is 4. The normalized spacial score (nSPS) is 14.4. The molecule has 0 fully saturated rings. The first kappa shape index (κ1) is 90.1. The number of aliphatic hydroxyl groups excluding tert-OH is 1. The average Bonchev–Trinajstić information content (AvgIpc) is 1.54. The van der Waals surface area contributed by atoms with E-state index in [2.05, 4.69) is 41.5 Å². The van der Waals surface area contributed by atoms with Gasteiger partial charge in [-0.3, -0.25) is 37.3 Å². The number of unbranched alkanes of at least 4 members (excludes halogenated alkanes) is 41. The molecule has 92 heavy (non-hydrogen) atoms. The molecule has 17 nitrogen and oxygen atoms in total. The van der Waals surface area contributed by atoms with Crippen LogP contribution in [0, 0.1) is 11.8 Å². The van der Waals surface area contributed by atoms with Crippen molar-refractivity contribution < 1.29 is 80.2 Å². The monoisotopic (exact) mass is 1350 g/mol. The van der Waals surface area contributed by atoms with Crippen LogP contribution in [0.25, 0.3) is 0 Å². The first-order chi connectivity index (χ1) is 44.4. The van der Waals surface area contributed by atoms with Crippen molar-refractivity contribution in [2.24, 2.45) is 11.8 Å². The van der Waals surface area contributed by atoms with Crippen molar-refractivity contribution in [2.75, 3.05) is 39.6 Å². The third kappa shape index (κ3) is 65.4. The molecule has 0 spiro atoms. The summed E-state index contributed by atoms with van der Waals surface area (Å²) in [5.74, 6) is -0.599. The van der Waals surface area contributed by atoms with Gasteiger partial charge in [0.05, 0.1) is 26.4 Å². The minimum atomic E-state index is -4.95. The van der Waals surface area contributed by atoms with Gasteiger partial charge >= 0.3 is 39.5 Å². The van der Waals surface area contributed by atoms with Gasteiger partial charge in [0.2, 0.25) is 0 Å². The Kier molecular flexibility index (Phi) is 63.7. The summed E-state index contributed by atoms with van der Waals surface area (Å²) >= 11 is 0. The van der Waals surface area contributed by atoms with Crippen molar-refractivity contribution in [2.45, 2.75) is 394 Å². The fourth-order valence-corrected chi connectivity index (χ4v) is 12.7. The van der Waals surface area contributed by atoms with Gasteiger partial charge in [-0.1, -0.05) is 324 Å². The van der Waals surface area contributed by atoms with E-state index in [0.717, 1.165) is 102 Å². The van der Waals surface area contributed by atoms with E-state index in [1.165, 1.54) is 193 Å². The highest BCUT2D eigenvalue weighted by molar-refractivity contribution is 7.47. The highest BCUT2D eigenvalue weighted by Crippen LogP contribution is 2.45. The van der Waals surface area contributed by atoms with Gasteiger partial charge in [-0.2, -0.15) is 0 Å². The van der Waals surface area contributed by atoms with Gasteiger partial charge in [0, 0.05) is 25.7 Å². The van der Waals surface area contributed by atoms with Crippen LogP contribution < -0.4 is 0 Å². The van der Waals surface area contributed by atoms with Gasteiger partial charge in [-0.15, -0.1) is 0 Å². The maximum absolute atomic E-state index is 13.1. The zero-order valence-corrected chi connectivity index (χ0v) is 61.6. The van der Waals surface area contributed by atoms with Crippen LogP contribution in [0.2, 0.25) is 0 Å². The van der Waals surface area contributed by atoms with Gasteiger partial charge < -0.3 is 33.8 Å². The van der Waals surface area contributed by atoms with E-state index in [0.29, 0.717) is 25.7 Å². The van der Waals surface area contributed by atoms with E-state index < -0.39 is 97.5 Å². The van der Waals surface area contributed by atoms with Gasteiger partial charge in [0.1, 0.15) is 19.3 Å². The largest absolute Gasteiger partial charge is 0.472 e. The molecule has 0 aromatic heterocycles. The highest BCUT2D eigenvalue weighted by atomic mass is 31.2. The summed E-state index contributed by atoms with van der Waals surface area (Å²) < 4.78 is 68.4. The summed E-state index contributed by atoms with van der Waals surface area (Å²) in [6, 6.07) is 0. The molecular formula is C73H142O17P2. The van der Waals surface area contributed by atoms with Crippen molar-refractivity contribution >= 4 is 39.5 Å². The molecule has 0 saturated heterocycles. The Hall–Kier alpha value is -1.94. The van der Waals surface area contributed by atoms with E-state index in [1.807, 2.05) is 0 Å². The van der Waals surface area contributed by atoms with Gasteiger partial charge in [0.15, 0.2) is 12.2 Å². The Morgan fingerprint density at radius 1 is 0.315 bits per heavy atom. The molecule has 0 amide bonds. The fraction of sp³-hybridized carbons (Fsp3) is 0.945. The summed E-state index contributed by atoms with van der Waals surface area (Å²) in [6.07, 6.45) is 51.3. The van der Waals surface area contributed by atoms with E-state index >= 15 is 0 Å². The zero-order chi connectivity index (χ0) is 67.9. The SMILES string of the molecule is CCCCCCCCCCCCCCCCC(=O)OC[C@H](COP(=O)(O)OC[C@@H](O)COP(=O)(O)OC[C@@H](COC(=O)CCCCCCCCCCCC)OC(=O)CCCCCCCCC(C)CC)OC(=O)CCCCCCCCCCCCCCCCCC(C)C. The zero-order valence-electron chi connectivity index (χ0n) is 59.9. The minimum Gasteiger partial charge on any atom is -0.462 e. The van der Waals surface area contributed by atoms with Crippen LogP contribution in [0.4, 0.5) is 0 Å². The fourth-order valence-electron chi connectivity index (χ4n) is 11.1. The van der Waals surface area contributed by atoms with Crippen LogP contribution >= 0.6 is 15.6 Å². The number of hydrogen-bond acceptors (Lipinski definition) is 15. The molecule has 546 valence electrons. The maximum atomic E-state index is 13.1. The second-order valence-electron chi connectivity index (χ2n) is 27.1. The second kappa shape index (κ2) is 65.0. The molecule has 3 N–H and O–H groups in total. The Morgan fingerprint density at radius 2 is 0.554 bits per heavy atom. The molecule has 0 radical (unpaired) electrons. The molecule has 0 bridgehead atoms. The summed E-state index contributed by atoms with van der Waals surface area (Å²) in [6.45, 7) is 9.54. The van der Waals surface area contributed by atoms with Crippen LogP contribution in [-0.2, 0) is 65.4 Å². The van der Waals surface area contributed by atoms with Crippen LogP contribution in [0.1, 0.15) is 375 Å². The van der Waals surface area contributed by atoms with E-state index in [-0.39, 0.29) is 25.7 Å². The minimum absolute atomic E-state index is 0.103. The number of carbonyl (C=O) groups excluding carboxylic acids is 4. The van der Waals surface area contributed by atoms with E-state index in [1.54, 1.807) is 0 Å². The van der Waals surface area contributed by atoms with Crippen molar-refractivity contribution in [1.29, 1.82) is 0 Å². The molecule has 0 aliphatic carbocycles. The number of aliphatic hydroxyl groups is 1. The first-order valence-corrected chi connectivity index (χ1v) is 41.0. The topological polar surface area (TPSA) is 237 Å². The predicted molar refractivity (Wildman–Crippen MR) is 372 cm³/mol. The van der Waals surface area contributed by atoms with E-state index in [9.17, 15) is 43.2 Å². The molecule has 19 heteroatoms. The van der Waals surface area contributed by atoms with Crippen molar-refractivity contribution in [3.8, 4) is 0 Å². The number of hydrogen-bond donors (Lipinski definition) is 3. The van der Waals surface area contributed by atoms with Crippen molar-refractivity contribution in [3.05, 3.63) is 0 Å². The van der Waals surface area contributed by atoms with Crippen LogP contribution in [-0.4, -0.2) is 96.7 Å². The summed E-state index contributed by atoms with van der Waals surface area (Å²) in [5, 5.41) is 10.6. The molecule has 0 aliphatic heterocycles. The third-order valence-corrected chi connectivity index (χ3v) is 19.2. The maximum Gasteiger partial charge on any atom is 0.472 e. The third-order valence-electron chi connectivity index (χ3n) is 17.3. The van der Waals surface area contributed by atoms with Crippen LogP contribution in [0.15, 0.2) is 0 Å². The lowest BCUT2D eigenvalue weighted by molar-refractivity contribution is -0.161. The summed E-state index contributed by atoms with van der Waals surface area (Å²) in [5.41, 5.74) is 0. The Labute approximate surface area is 562 Å². The second-order valence-corrected chi connectivity index (χ2v) is 30.0. The smallest absolute Gasteiger partial charge is 0.462 e. The first-order valence-electron chi connectivity index (χ1n) is 38.0. The molecule has 0 aromatic rings. The summed E-state index contributed by atoms with van der Waals surface area (Å²) in [7, 11) is -9.90. The number of rotatable bonds is 72. The molecule has 0 heterocycles. The molecule has 0 rings (SSSR count). The number of phosphoric acid groups is 2. The lowest BCUT2D eigenvalue weighted by Gasteiger charge is -2.21. The quantitative estimate of drug-likeness (QED) is 0.0222. The van der Waals surface area contributed by atoms with Crippen LogP contribution in [0.3, 0.4) is 0 Å².